The molecule has 0 unspecified atom stereocenters. The van der Waals surface area contributed by atoms with Crippen molar-refractivity contribution in [2.45, 2.75) is 38.5 Å². The third-order valence-electron chi connectivity index (χ3n) is 4.10. The van der Waals surface area contributed by atoms with Crippen molar-refractivity contribution in [2.24, 2.45) is 11.3 Å². The lowest BCUT2D eigenvalue weighted by atomic mass is 9.76. The van der Waals surface area contributed by atoms with Crippen LogP contribution in [0.3, 0.4) is 0 Å². The molecule has 2 rings (SSSR count). The number of pyridine rings is 1. The zero-order chi connectivity index (χ0) is 15.0. The monoisotopic (exact) mass is 297 g/mol. The van der Waals surface area contributed by atoms with Gasteiger partial charge in [0.05, 0.1) is 0 Å². The van der Waals surface area contributed by atoms with Gasteiger partial charge in [-0.15, -0.1) is 0 Å². The van der Waals surface area contributed by atoms with Crippen molar-refractivity contribution >= 4 is 15.8 Å². The quantitative estimate of drug-likeness (QED) is 0.907. The number of aromatic nitrogens is 1. The molecule has 1 saturated heterocycles. The van der Waals surface area contributed by atoms with E-state index in [-0.39, 0.29) is 16.1 Å². The molecule has 2 N–H and O–H groups in total. The first-order valence-corrected chi connectivity index (χ1v) is 8.37. The van der Waals surface area contributed by atoms with Gasteiger partial charge in [0, 0.05) is 19.3 Å². The SMILES string of the molecule is CC(C)(C)C1CCN(S(=O)(=O)c2cccnc2N)CC1. The molecule has 5 nitrogen and oxygen atoms in total. The lowest BCUT2D eigenvalue weighted by molar-refractivity contribution is 0.154. The van der Waals surface area contributed by atoms with Crippen LogP contribution in [0.1, 0.15) is 33.6 Å². The highest BCUT2D eigenvalue weighted by molar-refractivity contribution is 7.89. The highest BCUT2D eigenvalue weighted by atomic mass is 32.2. The second-order valence-corrected chi connectivity index (χ2v) is 8.34. The maximum atomic E-state index is 12.6. The maximum Gasteiger partial charge on any atom is 0.246 e. The predicted octanol–water partition coefficient (Wildman–Crippen LogP) is 2.11. The molecule has 0 aromatic carbocycles. The van der Waals surface area contributed by atoms with E-state index in [0.717, 1.165) is 12.8 Å². The summed E-state index contributed by atoms with van der Waals surface area (Å²) in [7, 11) is -3.52. The number of anilines is 1. The van der Waals surface area contributed by atoms with E-state index in [0.29, 0.717) is 19.0 Å². The van der Waals surface area contributed by atoms with Crippen LogP contribution in [0.25, 0.3) is 0 Å². The van der Waals surface area contributed by atoms with Gasteiger partial charge < -0.3 is 5.73 Å². The fourth-order valence-electron chi connectivity index (χ4n) is 2.72. The number of nitrogens with zero attached hydrogens (tertiary/aromatic N) is 2. The largest absolute Gasteiger partial charge is 0.383 e. The Bertz CT molecular complexity index is 570. The molecule has 1 aliphatic rings. The molecule has 0 atom stereocenters. The summed E-state index contributed by atoms with van der Waals surface area (Å²) in [5.74, 6) is 0.630. The Balaban J connectivity index is 2.16. The van der Waals surface area contributed by atoms with Crippen molar-refractivity contribution in [3.05, 3.63) is 18.3 Å². The molecule has 0 aliphatic carbocycles. The molecule has 0 amide bonds. The van der Waals surface area contributed by atoms with Gasteiger partial charge in [-0.1, -0.05) is 20.8 Å². The topological polar surface area (TPSA) is 76.3 Å². The van der Waals surface area contributed by atoms with Crippen LogP contribution < -0.4 is 5.73 Å². The molecular weight excluding hydrogens is 274 g/mol. The Morgan fingerprint density at radius 1 is 1.30 bits per heavy atom. The van der Waals surface area contributed by atoms with Crippen LogP contribution in [0.15, 0.2) is 23.2 Å². The lowest BCUT2D eigenvalue weighted by Crippen LogP contribution is -2.41. The summed E-state index contributed by atoms with van der Waals surface area (Å²) in [6, 6.07) is 3.12. The van der Waals surface area contributed by atoms with Gasteiger partial charge in [0.2, 0.25) is 10.0 Å². The molecule has 1 aromatic rings. The van der Waals surface area contributed by atoms with Gasteiger partial charge in [-0.25, -0.2) is 13.4 Å². The molecule has 0 spiro atoms. The summed E-state index contributed by atoms with van der Waals surface area (Å²) in [4.78, 5) is 3.99. The van der Waals surface area contributed by atoms with Crippen molar-refractivity contribution in [3.63, 3.8) is 0 Å². The van der Waals surface area contributed by atoms with E-state index in [1.807, 2.05) is 0 Å². The Labute approximate surface area is 121 Å². The van der Waals surface area contributed by atoms with E-state index in [9.17, 15) is 8.42 Å². The summed E-state index contributed by atoms with van der Waals surface area (Å²) >= 11 is 0. The lowest BCUT2D eigenvalue weighted by Gasteiger charge is -2.38. The van der Waals surface area contributed by atoms with Crippen LogP contribution in [-0.2, 0) is 10.0 Å². The van der Waals surface area contributed by atoms with Gasteiger partial charge in [-0.05, 0) is 36.3 Å². The molecular formula is C14H23N3O2S. The van der Waals surface area contributed by atoms with Gasteiger partial charge in [0.15, 0.2) is 0 Å². The Kier molecular flexibility index (Phi) is 4.07. The molecule has 20 heavy (non-hydrogen) atoms. The molecule has 0 saturated carbocycles. The zero-order valence-electron chi connectivity index (χ0n) is 12.3. The first-order valence-electron chi connectivity index (χ1n) is 6.93. The third-order valence-corrected chi connectivity index (χ3v) is 6.04. The highest BCUT2D eigenvalue weighted by Crippen LogP contribution is 2.35. The molecule has 0 radical (unpaired) electrons. The molecule has 1 fully saturated rings. The van der Waals surface area contributed by atoms with Crippen LogP contribution in [0, 0.1) is 11.3 Å². The van der Waals surface area contributed by atoms with Crippen LogP contribution in [0.5, 0.6) is 0 Å². The summed E-state index contributed by atoms with van der Waals surface area (Å²) < 4.78 is 26.7. The number of nitrogen functional groups attached to an aromatic ring is 1. The first-order chi connectivity index (χ1) is 9.23. The van der Waals surface area contributed by atoms with Crippen molar-refractivity contribution < 1.29 is 8.42 Å². The Morgan fingerprint density at radius 3 is 2.40 bits per heavy atom. The summed E-state index contributed by atoms with van der Waals surface area (Å²) in [5.41, 5.74) is 5.92. The minimum absolute atomic E-state index is 0.0745. The van der Waals surface area contributed by atoms with E-state index in [1.165, 1.54) is 16.6 Å². The summed E-state index contributed by atoms with van der Waals surface area (Å²) in [6.07, 6.45) is 3.28. The summed E-state index contributed by atoms with van der Waals surface area (Å²) in [5, 5.41) is 0. The average Bonchev–Trinajstić information content (AvgIpc) is 2.38. The van der Waals surface area contributed by atoms with Crippen molar-refractivity contribution in [2.75, 3.05) is 18.8 Å². The van der Waals surface area contributed by atoms with Crippen molar-refractivity contribution in [1.29, 1.82) is 0 Å². The molecule has 6 heteroatoms. The van der Waals surface area contributed by atoms with Crippen LogP contribution in [0.2, 0.25) is 0 Å². The van der Waals surface area contributed by atoms with Crippen LogP contribution in [0.4, 0.5) is 5.82 Å². The number of sulfonamides is 1. The van der Waals surface area contributed by atoms with Crippen LogP contribution in [-0.4, -0.2) is 30.8 Å². The van der Waals surface area contributed by atoms with Gasteiger partial charge in [0.1, 0.15) is 10.7 Å². The number of rotatable bonds is 2. The molecule has 112 valence electrons. The molecule has 0 bridgehead atoms. The zero-order valence-corrected chi connectivity index (χ0v) is 13.2. The number of hydrogen-bond acceptors (Lipinski definition) is 4. The van der Waals surface area contributed by atoms with E-state index in [4.69, 9.17) is 5.73 Å². The predicted molar refractivity (Wildman–Crippen MR) is 79.6 cm³/mol. The number of piperidine rings is 1. The Hall–Kier alpha value is -1.14. The second-order valence-electron chi connectivity index (χ2n) is 6.43. The van der Waals surface area contributed by atoms with Gasteiger partial charge in [0.25, 0.3) is 0 Å². The smallest absolute Gasteiger partial charge is 0.246 e. The van der Waals surface area contributed by atoms with Crippen molar-refractivity contribution in [1.82, 2.24) is 9.29 Å². The average molecular weight is 297 g/mol. The normalized spacial score (nSPS) is 19.1. The minimum atomic E-state index is -3.52. The minimum Gasteiger partial charge on any atom is -0.383 e. The van der Waals surface area contributed by atoms with Gasteiger partial charge in [-0.3, -0.25) is 0 Å². The fourth-order valence-corrected chi connectivity index (χ4v) is 4.26. The summed E-state index contributed by atoms with van der Waals surface area (Å²) in [6.45, 7) is 7.74. The number of hydrogen-bond donors (Lipinski definition) is 1. The van der Waals surface area contributed by atoms with E-state index >= 15 is 0 Å². The van der Waals surface area contributed by atoms with E-state index in [1.54, 1.807) is 6.07 Å². The van der Waals surface area contributed by atoms with Gasteiger partial charge in [-0.2, -0.15) is 4.31 Å². The number of nitrogens with two attached hydrogens (primary N) is 1. The van der Waals surface area contributed by atoms with Crippen molar-refractivity contribution in [3.8, 4) is 0 Å². The van der Waals surface area contributed by atoms with Gasteiger partial charge >= 0.3 is 0 Å². The van der Waals surface area contributed by atoms with E-state index in [2.05, 4.69) is 25.8 Å². The molecule has 2 heterocycles. The molecule has 1 aliphatic heterocycles. The third kappa shape index (κ3) is 2.96. The Morgan fingerprint density at radius 2 is 1.90 bits per heavy atom. The van der Waals surface area contributed by atoms with Crippen LogP contribution >= 0.6 is 0 Å². The standard InChI is InChI=1S/C14H23N3O2S/c1-14(2,3)11-6-9-17(10-7-11)20(18,19)12-5-4-8-16-13(12)15/h4-5,8,11H,6-7,9-10H2,1-3H3,(H2,15,16). The highest BCUT2D eigenvalue weighted by Gasteiger charge is 2.34. The fraction of sp³-hybridized carbons (Fsp3) is 0.643. The van der Waals surface area contributed by atoms with E-state index < -0.39 is 10.0 Å². The molecule has 1 aromatic heterocycles. The first kappa shape index (κ1) is 15.3. The maximum absolute atomic E-state index is 12.6. The second kappa shape index (κ2) is 5.33.